The van der Waals surface area contributed by atoms with Gasteiger partial charge in [0.15, 0.2) is 0 Å². The Morgan fingerprint density at radius 1 is 1.12 bits per heavy atom. The van der Waals surface area contributed by atoms with Gasteiger partial charge in [-0.3, -0.25) is 4.79 Å². The van der Waals surface area contributed by atoms with E-state index >= 15 is 0 Å². The number of hydrogen-bond donors (Lipinski definition) is 1. The summed E-state index contributed by atoms with van der Waals surface area (Å²) >= 11 is 6.03. The molecule has 26 heavy (non-hydrogen) atoms. The van der Waals surface area contributed by atoms with Crippen molar-refractivity contribution in [2.45, 2.75) is 37.3 Å². The number of hydrogen-bond acceptors (Lipinski definition) is 2. The molecule has 1 atom stereocenters. The van der Waals surface area contributed by atoms with Crippen molar-refractivity contribution in [3.05, 3.63) is 70.5 Å². The Kier molecular flexibility index (Phi) is 5.64. The van der Waals surface area contributed by atoms with Gasteiger partial charge in [-0.05, 0) is 44.6 Å². The van der Waals surface area contributed by atoms with Crippen molar-refractivity contribution in [2.75, 3.05) is 14.1 Å². The van der Waals surface area contributed by atoms with Gasteiger partial charge in [0.2, 0.25) is 0 Å². The van der Waals surface area contributed by atoms with Gasteiger partial charge in [0.05, 0.1) is 16.6 Å². The molecule has 0 radical (unpaired) electrons. The monoisotopic (exact) mass is 374 g/mol. The van der Waals surface area contributed by atoms with Gasteiger partial charge in [0.25, 0.3) is 5.91 Å². The highest BCUT2D eigenvalue weighted by atomic mass is 35.5. The van der Waals surface area contributed by atoms with Crippen LogP contribution in [0, 0.1) is 5.82 Å². The normalized spacial score (nSPS) is 17.3. The summed E-state index contributed by atoms with van der Waals surface area (Å²) in [6.45, 7) is 0. The van der Waals surface area contributed by atoms with Gasteiger partial charge in [0, 0.05) is 5.54 Å². The second-order valence-electron chi connectivity index (χ2n) is 7.12. The molecule has 0 saturated heterocycles. The molecule has 1 aliphatic carbocycles. The highest BCUT2D eigenvalue weighted by molar-refractivity contribution is 6.34. The molecule has 3 nitrogen and oxygen atoms in total. The molecular weight excluding hydrogens is 351 g/mol. The summed E-state index contributed by atoms with van der Waals surface area (Å²) in [7, 11) is 4.12. The van der Waals surface area contributed by atoms with Crippen LogP contribution in [0.5, 0.6) is 0 Å². The number of rotatable bonds is 5. The van der Waals surface area contributed by atoms with Crippen molar-refractivity contribution in [1.82, 2.24) is 10.2 Å². The van der Waals surface area contributed by atoms with Gasteiger partial charge >= 0.3 is 0 Å². The molecule has 0 heterocycles. The lowest BCUT2D eigenvalue weighted by molar-refractivity contribution is 0.0766. The maximum Gasteiger partial charge on any atom is 0.253 e. The highest BCUT2D eigenvalue weighted by Gasteiger charge is 2.44. The molecule has 1 saturated carbocycles. The van der Waals surface area contributed by atoms with Crippen LogP contribution >= 0.6 is 11.6 Å². The Balaban J connectivity index is 1.99. The number of nitrogens with zero attached hydrogens (tertiary/aromatic N) is 1. The largest absolute Gasteiger partial charge is 0.343 e. The first-order chi connectivity index (χ1) is 12.5. The zero-order valence-electron chi connectivity index (χ0n) is 15.1. The minimum Gasteiger partial charge on any atom is -0.343 e. The van der Waals surface area contributed by atoms with Gasteiger partial charge in [-0.2, -0.15) is 0 Å². The van der Waals surface area contributed by atoms with E-state index < -0.39 is 5.82 Å². The fraction of sp³-hybridized carbons (Fsp3) is 0.381. The zero-order chi connectivity index (χ0) is 18.7. The van der Waals surface area contributed by atoms with E-state index in [0.717, 1.165) is 31.2 Å². The average molecular weight is 375 g/mol. The van der Waals surface area contributed by atoms with E-state index in [2.05, 4.69) is 24.3 Å². The first-order valence-electron chi connectivity index (χ1n) is 8.93. The minimum absolute atomic E-state index is 0.137. The summed E-state index contributed by atoms with van der Waals surface area (Å²) in [6, 6.07) is 14.1. The van der Waals surface area contributed by atoms with E-state index in [1.165, 1.54) is 12.1 Å². The predicted molar refractivity (Wildman–Crippen MR) is 103 cm³/mol. The number of benzene rings is 2. The van der Waals surface area contributed by atoms with Crippen LogP contribution in [0.1, 0.15) is 47.6 Å². The number of carbonyl (C=O) groups excluding carboxylic acids is 1. The van der Waals surface area contributed by atoms with Crippen molar-refractivity contribution >= 4 is 17.5 Å². The Morgan fingerprint density at radius 3 is 2.38 bits per heavy atom. The highest BCUT2D eigenvalue weighted by Crippen LogP contribution is 2.43. The summed E-state index contributed by atoms with van der Waals surface area (Å²) < 4.78 is 13.8. The number of likely N-dealkylation sites (N-methyl/N-ethyl adjacent to an activating group) is 1. The molecule has 0 bridgehead atoms. The molecule has 1 amide bonds. The van der Waals surface area contributed by atoms with E-state index in [4.69, 9.17) is 11.6 Å². The Morgan fingerprint density at radius 2 is 1.77 bits per heavy atom. The smallest absolute Gasteiger partial charge is 0.253 e. The first-order valence-corrected chi connectivity index (χ1v) is 9.31. The number of amides is 1. The lowest BCUT2D eigenvalue weighted by Gasteiger charge is -2.44. The van der Waals surface area contributed by atoms with E-state index in [0.29, 0.717) is 0 Å². The molecule has 1 N–H and O–H groups in total. The molecular formula is C21H24ClFN2O. The maximum atomic E-state index is 13.8. The second-order valence-corrected chi connectivity index (χ2v) is 7.50. The van der Waals surface area contributed by atoms with Crippen LogP contribution in [0.25, 0.3) is 0 Å². The molecule has 0 aromatic heterocycles. The van der Waals surface area contributed by atoms with Gasteiger partial charge in [0.1, 0.15) is 5.82 Å². The minimum atomic E-state index is -0.584. The van der Waals surface area contributed by atoms with Crippen molar-refractivity contribution in [2.24, 2.45) is 0 Å². The van der Waals surface area contributed by atoms with Crippen molar-refractivity contribution in [3.8, 4) is 0 Å². The van der Waals surface area contributed by atoms with Crippen LogP contribution in [0.2, 0.25) is 5.02 Å². The Hall–Kier alpha value is -1.91. The standard InChI is InChI=1S/C21H24ClFN2O/c1-25(2)21(13-6-7-14-21)19(15-9-4-3-5-10-15)24-20(26)16-11-8-12-17(23)18(16)22/h3-5,8-12,19H,6-7,13-14H2,1-2H3,(H,24,26). The quantitative estimate of drug-likeness (QED) is 0.813. The molecule has 1 unspecified atom stereocenters. The van der Waals surface area contributed by atoms with Crippen LogP contribution in [0.3, 0.4) is 0 Å². The predicted octanol–water partition coefficient (Wildman–Crippen LogP) is 4.82. The van der Waals surface area contributed by atoms with Gasteiger partial charge in [-0.15, -0.1) is 0 Å². The number of halogens is 2. The van der Waals surface area contributed by atoms with Crippen molar-refractivity contribution < 1.29 is 9.18 Å². The van der Waals surface area contributed by atoms with E-state index in [1.54, 1.807) is 6.07 Å². The topological polar surface area (TPSA) is 32.3 Å². The molecule has 5 heteroatoms. The third-order valence-electron chi connectivity index (χ3n) is 5.50. The van der Waals surface area contributed by atoms with Crippen LogP contribution in [-0.4, -0.2) is 30.4 Å². The molecule has 3 rings (SSSR count). The van der Waals surface area contributed by atoms with E-state index in [-0.39, 0.29) is 28.1 Å². The molecule has 2 aromatic rings. The molecule has 0 aliphatic heterocycles. The zero-order valence-corrected chi connectivity index (χ0v) is 15.9. The van der Waals surface area contributed by atoms with Crippen LogP contribution < -0.4 is 5.32 Å². The van der Waals surface area contributed by atoms with E-state index in [9.17, 15) is 9.18 Å². The number of carbonyl (C=O) groups is 1. The molecule has 2 aromatic carbocycles. The molecule has 0 spiro atoms. The van der Waals surface area contributed by atoms with Gasteiger partial charge in [-0.1, -0.05) is 60.8 Å². The molecule has 1 fully saturated rings. The Bertz CT molecular complexity index is 773. The summed E-state index contributed by atoms with van der Waals surface area (Å²) in [6.07, 6.45) is 4.24. The third-order valence-corrected chi connectivity index (χ3v) is 5.89. The van der Waals surface area contributed by atoms with Crippen LogP contribution in [-0.2, 0) is 0 Å². The lowest BCUT2D eigenvalue weighted by atomic mass is 9.82. The lowest BCUT2D eigenvalue weighted by Crippen LogP contribution is -2.53. The summed E-state index contributed by atoms with van der Waals surface area (Å²) in [5, 5.41) is 3.01. The third kappa shape index (κ3) is 3.49. The maximum absolute atomic E-state index is 13.8. The van der Waals surface area contributed by atoms with Crippen molar-refractivity contribution in [1.29, 1.82) is 0 Å². The summed E-state index contributed by atoms with van der Waals surface area (Å²) in [5.41, 5.74) is 1.04. The van der Waals surface area contributed by atoms with Crippen LogP contribution in [0.4, 0.5) is 4.39 Å². The fourth-order valence-corrected chi connectivity index (χ4v) is 4.25. The summed E-state index contributed by atoms with van der Waals surface area (Å²) in [4.78, 5) is 15.2. The van der Waals surface area contributed by atoms with E-state index in [1.807, 2.05) is 30.3 Å². The summed E-state index contributed by atoms with van der Waals surface area (Å²) in [5.74, 6) is -0.935. The number of nitrogens with one attached hydrogen (secondary N) is 1. The van der Waals surface area contributed by atoms with Crippen molar-refractivity contribution in [3.63, 3.8) is 0 Å². The SMILES string of the molecule is CN(C)C1(C(NC(=O)c2cccc(F)c2Cl)c2ccccc2)CCCC1. The van der Waals surface area contributed by atoms with Crippen LogP contribution in [0.15, 0.2) is 48.5 Å². The fourth-order valence-electron chi connectivity index (χ4n) is 4.04. The average Bonchev–Trinajstić information content (AvgIpc) is 3.13. The molecule has 138 valence electrons. The Labute approximate surface area is 159 Å². The second kappa shape index (κ2) is 7.77. The van der Waals surface area contributed by atoms with Gasteiger partial charge in [-0.25, -0.2) is 4.39 Å². The van der Waals surface area contributed by atoms with Gasteiger partial charge < -0.3 is 10.2 Å². The first kappa shape index (κ1) is 18.9. The molecule has 1 aliphatic rings.